The molecular formula is C7H7KNO5S+. The van der Waals surface area contributed by atoms with Crippen LogP contribution in [0, 0.1) is 17.0 Å². The fourth-order valence-corrected chi connectivity index (χ4v) is 1.72. The van der Waals surface area contributed by atoms with Crippen molar-refractivity contribution in [2.24, 2.45) is 0 Å². The first-order valence-corrected chi connectivity index (χ1v) is 4.99. The second kappa shape index (κ2) is 5.48. The van der Waals surface area contributed by atoms with Gasteiger partial charge in [-0.25, -0.2) is 0 Å². The molecule has 0 bridgehead atoms. The van der Waals surface area contributed by atoms with Gasteiger partial charge in [0.05, 0.1) is 4.92 Å². The van der Waals surface area contributed by atoms with Crippen molar-refractivity contribution >= 4 is 15.8 Å². The van der Waals surface area contributed by atoms with Gasteiger partial charge in [0.25, 0.3) is 15.8 Å². The van der Waals surface area contributed by atoms with Gasteiger partial charge < -0.3 is 0 Å². The summed E-state index contributed by atoms with van der Waals surface area (Å²) in [5, 5.41) is 10.3. The van der Waals surface area contributed by atoms with Crippen LogP contribution in [0.3, 0.4) is 0 Å². The Morgan fingerprint density at radius 2 is 1.93 bits per heavy atom. The van der Waals surface area contributed by atoms with Crippen LogP contribution in [0.4, 0.5) is 5.69 Å². The summed E-state index contributed by atoms with van der Waals surface area (Å²) in [4.78, 5) is 9.15. The van der Waals surface area contributed by atoms with Gasteiger partial charge in [0, 0.05) is 12.1 Å². The summed E-state index contributed by atoms with van der Waals surface area (Å²) in [6.07, 6.45) is 0. The van der Waals surface area contributed by atoms with Crippen LogP contribution in [0.25, 0.3) is 0 Å². The molecule has 0 fully saturated rings. The minimum absolute atomic E-state index is 0. The van der Waals surface area contributed by atoms with Gasteiger partial charge in [-0.1, -0.05) is 6.07 Å². The molecule has 0 aromatic heterocycles. The zero-order valence-corrected chi connectivity index (χ0v) is 12.1. The number of benzene rings is 1. The molecular weight excluding hydrogens is 249 g/mol. The summed E-state index contributed by atoms with van der Waals surface area (Å²) >= 11 is 0. The maximum absolute atomic E-state index is 10.8. The minimum Gasteiger partial charge on any atom is -0.282 e. The summed E-state index contributed by atoms with van der Waals surface area (Å²) in [7, 11) is -4.39. The van der Waals surface area contributed by atoms with Gasteiger partial charge >= 0.3 is 51.4 Å². The van der Waals surface area contributed by atoms with Crippen molar-refractivity contribution < 1.29 is 69.3 Å². The Hall–Kier alpha value is 0.166. The number of aryl methyl sites for hydroxylation is 1. The molecule has 0 unspecified atom stereocenters. The van der Waals surface area contributed by atoms with Crippen LogP contribution >= 0.6 is 0 Å². The molecule has 0 amide bonds. The van der Waals surface area contributed by atoms with E-state index in [4.69, 9.17) is 4.55 Å². The molecule has 0 spiro atoms. The Balaban J connectivity index is 0.00000196. The van der Waals surface area contributed by atoms with Crippen LogP contribution in [0.2, 0.25) is 0 Å². The molecule has 15 heavy (non-hydrogen) atoms. The fraction of sp³-hybridized carbons (Fsp3) is 0.143. The SMILES string of the molecule is Cc1ccc([N+](=O)[O-])cc1S(=O)(=O)O.[K+]. The van der Waals surface area contributed by atoms with Crippen molar-refractivity contribution in [2.75, 3.05) is 0 Å². The van der Waals surface area contributed by atoms with Gasteiger partial charge in [-0.3, -0.25) is 14.7 Å². The maximum Gasteiger partial charge on any atom is 1.00 e. The van der Waals surface area contributed by atoms with Crippen molar-refractivity contribution in [2.45, 2.75) is 11.8 Å². The van der Waals surface area contributed by atoms with E-state index >= 15 is 0 Å². The summed E-state index contributed by atoms with van der Waals surface area (Å²) in [6.45, 7) is 1.44. The van der Waals surface area contributed by atoms with Crippen LogP contribution in [0.1, 0.15) is 5.56 Å². The van der Waals surface area contributed by atoms with Crippen molar-refractivity contribution in [3.8, 4) is 0 Å². The Bertz CT molecular complexity index is 484. The fourth-order valence-electron chi connectivity index (χ4n) is 0.980. The monoisotopic (exact) mass is 256 g/mol. The van der Waals surface area contributed by atoms with Crippen LogP contribution in [-0.2, 0) is 10.1 Å². The summed E-state index contributed by atoms with van der Waals surface area (Å²) in [5.41, 5.74) is -0.110. The van der Waals surface area contributed by atoms with Crippen molar-refractivity contribution in [3.63, 3.8) is 0 Å². The zero-order chi connectivity index (χ0) is 10.9. The molecule has 0 saturated carbocycles. The molecule has 0 aliphatic carbocycles. The topological polar surface area (TPSA) is 97.5 Å². The first-order chi connectivity index (χ1) is 6.32. The quantitative estimate of drug-likeness (QED) is 0.290. The summed E-state index contributed by atoms with van der Waals surface area (Å²) < 4.78 is 30.2. The number of hydrogen-bond donors (Lipinski definition) is 1. The van der Waals surface area contributed by atoms with E-state index in [1.807, 2.05) is 0 Å². The molecule has 0 radical (unpaired) electrons. The van der Waals surface area contributed by atoms with Crippen LogP contribution in [0.5, 0.6) is 0 Å². The van der Waals surface area contributed by atoms with Crippen molar-refractivity contribution in [3.05, 3.63) is 33.9 Å². The maximum atomic E-state index is 10.8. The second-order valence-corrected chi connectivity index (χ2v) is 4.07. The number of non-ortho nitro benzene ring substituents is 1. The molecule has 0 atom stereocenters. The number of hydrogen-bond acceptors (Lipinski definition) is 4. The number of nitro benzene ring substituents is 1. The van der Waals surface area contributed by atoms with Crippen LogP contribution in [-0.4, -0.2) is 17.9 Å². The third-order valence-corrected chi connectivity index (χ3v) is 2.66. The Morgan fingerprint density at radius 1 is 1.40 bits per heavy atom. The third kappa shape index (κ3) is 3.91. The summed E-state index contributed by atoms with van der Waals surface area (Å²) in [6, 6.07) is 3.26. The average Bonchev–Trinajstić information content (AvgIpc) is 2.02. The van der Waals surface area contributed by atoms with Gasteiger partial charge in [-0.05, 0) is 12.5 Å². The van der Waals surface area contributed by atoms with Gasteiger partial charge in [0.15, 0.2) is 0 Å². The van der Waals surface area contributed by atoms with Crippen LogP contribution < -0.4 is 51.4 Å². The Labute approximate surface area is 129 Å². The molecule has 1 aromatic carbocycles. The first kappa shape index (κ1) is 15.2. The van der Waals surface area contributed by atoms with Crippen LogP contribution in [0.15, 0.2) is 23.1 Å². The van der Waals surface area contributed by atoms with E-state index in [0.29, 0.717) is 0 Å². The van der Waals surface area contributed by atoms with Gasteiger partial charge in [-0.2, -0.15) is 8.42 Å². The van der Waals surface area contributed by atoms with E-state index < -0.39 is 19.9 Å². The Morgan fingerprint density at radius 3 is 2.33 bits per heavy atom. The normalized spacial score (nSPS) is 10.5. The molecule has 76 valence electrons. The van der Waals surface area contributed by atoms with Crippen molar-refractivity contribution in [1.29, 1.82) is 0 Å². The number of nitrogens with zero attached hydrogens (tertiary/aromatic N) is 1. The largest absolute Gasteiger partial charge is 1.00 e. The van der Waals surface area contributed by atoms with Crippen molar-refractivity contribution in [1.82, 2.24) is 0 Å². The molecule has 8 heteroatoms. The molecule has 0 heterocycles. The number of rotatable bonds is 2. The standard InChI is InChI=1S/C7H7NO5S.K/c1-5-2-3-6(8(9)10)4-7(5)14(11,12)13;/h2-4H,1H3,(H,11,12,13);/q;+1. The van der Waals surface area contributed by atoms with E-state index in [1.165, 1.54) is 19.1 Å². The molecule has 0 aliphatic heterocycles. The summed E-state index contributed by atoms with van der Waals surface area (Å²) in [5.74, 6) is 0. The average molecular weight is 256 g/mol. The smallest absolute Gasteiger partial charge is 0.282 e. The molecule has 1 aromatic rings. The van der Waals surface area contributed by atoms with E-state index in [1.54, 1.807) is 0 Å². The predicted octanol–water partition coefficient (Wildman–Crippen LogP) is -1.85. The zero-order valence-electron chi connectivity index (χ0n) is 8.17. The molecule has 1 N–H and O–H groups in total. The minimum atomic E-state index is -4.39. The van der Waals surface area contributed by atoms with Gasteiger partial charge in [0.1, 0.15) is 4.90 Å². The van der Waals surface area contributed by atoms with E-state index in [-0.39, 0.29) is 62.6 Å². The van der Waals surface area contributed by atoms with Gasteiger partial charge in [0.2, 0.25) is 0 Å². The molecule has 0 saturated heterocycles. The molecule has 1 rings (SSSR count). The Kier molecular flexibility index (Phi) is 5.54. The first-order valence-electron chi connectivity index (χ1n) is 3.55. The predicted molar refractivity (Wildman–Crippen MR) is 47.6 cm³/mol. The third-order valence-electron chi connectivity index (χ3n) is 1.66. The van der Waals surface area contributed by atoms with Gasteiger partial charge in [-0.15, -0.1) is 0 Å². The van der Waals surface area contributed by atoms with E-state index in [2.05, 4.69) is 0 Å². The second-order valence-electron chi connectivity index (χ2n) is 2.68. The van der Waals surface area contributed by atoms with E-state index in [0.717, 1.165) is 6.07 Å². The van der Waals surface area contributed by atoms with E-state index in [9.17, 15) is 18.5 Å². The molecule has 6 nitrogen and oxygen atoms in total. The number of nitro groups is 1. The molecule has 0 aliphatic rings.